The Kier molecular flexibility index (Phi) is 13.7. The molecule has 2 N–H and O–H groups in total. The number of aromatic nitrogens is 1. The van der Waals surface area contributed by atoms with Crippen LogP contribution in [0.1, 0.15) is 86.0 Å². The summed E-state index contributed by atoms with van der Waals surface area (Å²) in [5.41, 5.74) is -6.58. The lowest BCUT2D eigenvalue weighted by Gasteiger charge is -2.44. The third-order valence-electron chi connectivity index (χ3n) is 9.89. The van der Waals surface area contributed by atoms with Gasteiger partial charge in [0.15, 0.2) is 24.1 Å². The molecule has 0 spiro atoms. The molecule has 0 saturated heterocycles. The van der Waals surface area contributed by atoms with Crippen molar-refractivity contribution in [2.75, 3.05) is 0 Å². The van der Waals surface area contributed by atoms with Crippen molar-refractivity contribution in [3.8, 4) is 0 Å². The maximum absolute atomic E-state index is 14.4. The fourth-order valence-electron chi connectivity index (χ4n) is 6.73. The third-order valence-corrected chi connectivity index (χ3v) is 9.89. The molecule has 9 atom stereocenters. The van der Waals surface area contributed by atoms with E-state index in [0.29, 0.717) is 0 Å². The first-order valence-electron chi connectivity index (χ1n) is 17.5. The van der Waals surface area contributed by atoms with Gasteiger partial charge < -0.3 is 33.9 Å². The fraction of sp³-hybridized carbons (Fsp3) is 0.525. The topological polar surface area (TPSA) is 202 Å². The van der Waals surface area contributed by atoms with Gasteiger partial charge in [0.1, 0.15) is 23.4 Å². The first-order chi connectivity index (χ1) is 25.0. The van der Waals surface area contributed by atoms with Crippen molar-refractivity contribution in [1.29, 1.82) is 0 Å². The summed E-state index contributed by atoms with van der Waals surface area (Å²) in [7, 11) is 0. The largest absolute Gasteiger partial charge is 0.462 e. The van der Waals surface area contributed by atoms with Gasteiger partial charge in [-0.1, -0.05) is 45.6 Å². The molecule has 1 fully saturated rings. The van der Waals surface area contributed by atoms with Gasteiger partial charge in [-0.25, -0.2) is 14.4 Å². The number of nitrogens with zero attached hydrogens (tertiary/aromatic N) is 1. The molecule has 294 valence electrons. The molecule has 0 bridgehead atoms. The quantitative estimate of drug-likeness (QED) is 0.166. The fourth-order valence-corrected chi connectivity index (χ4v) is 6.73. The Labute approximate surface area is 315 Å². The van der Waals surface area contributed by atoms with E-state index in [4.69, 9.17) is 23.7 Å². The number of ether oxygens (including phenoxy) is 5. The van der Waals surface area contributed by atoms with Crippen molar-refractivity contribution in [2.24, 2.45) is 17.3 Å². The second-order valence-corrected chi connectivity index (χ2v) is 14.6. The Morgan fingerprint density at radius 3 is 1.93 bits per heavy atom. The van der Waals surface area contributed by atoms with E-state index in [0.717, 1.165) is 26.8 Å². The number of aliphatic hydroxyl groups is 2. The van der Waals surface area contributed by atoms with E-state index >= 15 is 0 Å². The van der Waals surface area contributed by atoms with Crippen LogP contribution in [0.25, 0.3) is 0 Å². The number of pyridine rings is 1. The van der Waals surface area contributed by atoms with Gasteiger partial charge in [0.2, 0.25) is 0 Å². The lowest BCUT2D eigenvalue weighted by atomic mass is 9.71. The number of esters is 5. The van der Waals surface area contributed by atoms with Crippen molar-refractivity contribution < 1.29 is 62.7 Å². The molecule has 0 radical (unpaired) electrons. The Balaban J connectivity index is 2.54. The number of fused-ring (bicyclic) bond motifs is 1. The van der Waals surface area contributed by atoms with Crippen molar-refractivity contribution in [2.45, 2.75) is 117 Å². The van der Waals surface area contributed by atoms with E-state index < -0.39 is 94.6 Å². The van der Waals surface area contributed by atoms with Gasteiger partial charge in [-0.15, -0.1) is 0 Å². The lowest BCUT2D eigenvalue weighted by molar-refractivity contribution is -0.184. The number of hydrogen-bond donors (Lipinski definition) is 2. The van der Waals surface area contributed by atoms with Gasteiger partial charge in [-0.05, 0) is 65.2 Å². The second-order valence-electron chi connectivity index (χ2n) is 14.6. The third kappa shape index (κ3) is 9.40. The van der Waals surface area contributed by atoms with Gasteiger partial charge in [-0.2, -0.15) is 0 Å². The predicted molar refractivity (Wildman–Crippen MR) is 193 cm³/mol. The number of carbonyl (C=O) groups is 6. The molecule has 54 heavy (non-hydrogen) atoms. The number of allylic oxidation sites excluding steroid dienone is 2. The van der Waals surface area contributed by atoms with Gasteiger partial charge in [0.25, 0.3) is 0 Å². The normalized spacial score (nSPS) is 32.2. The zero-order chi connectivity index (χ0) is 40.9. The molecule has 1 saturated carbocycles. The zero-order valence-corrected chi connectivity index (χ0v) is 32.4. The maximum Gasteiger partial charge on any atom is 0.340 e. The van der Waals surface area contributed by atoms with Crippen molar-refractivity contribution in [3.63, 3.8) is 0 Å². The van der Waals surface area contributed by atoms with Crippen LogP contribution in [0.4, 0.5) is 0 Å². The molecule has 2 aliphatic carbocycles. The minimum Gasteiger partial charge on any atom is -0.462 e. The first-order valence-corrected chi connectivity index (χ1v) is 17.5. The van der Waals surface area contributed by atoms with Crippen LogP contribution in [-0.2, 0) is 47.7 Å². The molecule has 14 heteroatoms. The molecule has 14 nitrogen and oxygen atoms in total. The second kappa shape index (κ2) is 17.0. The average Bonchev–Trinajstić information content (AvgIpc) is 3.36. The summed E-state index contributed by atoms with van der Waals surface area (Å²) in [5, 5.41) is 24.2. The Morgan fingerprint density at radius 1 is 0.833 bits per heavy atom. The van der Waals surface area contributed by atoms with Gasteiger partial charge >= 0.3 is 29.8 Å². The molecule has 1 aromatic rings. The summed E-state index contributed by atoms with van der Waals surface area (Å²) < 4.78 is 29.7. The van der Waals surface area contributed by atoms with Crippen LogP contribution in [-0.4, -0.2) is 92.5 Å². The molecule has 3 rings (SSSR count). The van der Waals surface area contributed by atoms with Crippen molar-refractivity contribution in [1.82, 2.24) is 4.98 Å². The Hall–Kier alpha value is -4.95. The Morgan fingerprint density at radius 2 is 1.41 bits per heavy atom. The van der Waals surface area contributed by atoms with Gasteiger partial charge in [-0.3, -0.25) is 19.4 Å². The summed E-state index contributed by atoms with van der Waals surface area (Å²) in [6.07, 6.45) is -0.676. The summed E-state index contributed by atoms with van der Waals surface area (Å²) in [6, 6.07) is 2.93. The predicted octanol–water partition coefficient (Wildman–Crippen LogP) is 4.09. The summed E-state index contributed by atoms with van der Waals surface area (Å²) in [4.78, 5) is 85.0. The molecule has 2 aliphatic rings. The van der Waals surface area contributed by atoms with Crippen LogP contribution in [0.2, 0.25) is 0 Å². The SMILES string of the molecule is C=C1[C@H](OC(=O)/C(C)=C\C)[C@@H](OC(=O)/C(C)=C\C)[C@@H](OC(=O)c2cccnc2)C(C)(C)/C=C/[C@@](C)(O)C(=O)[C@@]2(O)C[C@H](C)[C@H](OC(C)=O)[C@@H]2[C@H]1OC(C)=O. The molecule has 0 amide bonds. The van der Waals surface area contributed by atoms with E-state index in [2.05, 4.69) is 11.6 Å². The minimum atomic E-state index is -2.55. The van der Waals surface area contributed by atoms with E-state index in [-0.39, 0.29) is 28.7 Å². The number of Topliss-reactive ketones (excluding diaryl/α,β-unsaturated/α-hetero) is 1. The highest BCUT2D eigenvalue weighted by Crippen LogP contribution is 2.49. The number of ketones is 1. The first kappa shape index (κ1) is 43.5. The van der Waals surface area contributed by atoms with E-state index in [9.17, 15) is 39.0 Å². The highest BCUT2D eigenvalue weighted by Gasteiger charge is 2.65. The molecular weight excluding hydrogens is 702 g/mol. The average molecular weight is 754 g/mol. The lowest BCUT2D eigenvalue weighted by Crippen LogP contribution is -2.60. The van der Waals surface area contributed by atoms with Crippen LogP contribution in [0.5, 0.6) is 0 Å². The minimum absolute atomic E-state index is 0.00411. The van der Waals surface area contributed by atoms with Crippen LogP contribution in [0.15, 0.2) is 72.1 Å². The molecule has 0 aromatic carbocycles. The smallest absolute Gasteiger partial charge is 0.340 e. The van der Waals surface area contributed by atoms with Crippen molar-refractivity contribution >= 4 is 35.6 Å². The Bertz CT molecular complexity index is 1740. The maximum atomic E-state index is 14.4. The van der Waals surface area contributed by atoms with E-state index in [1.807, 2.05) is 0 Å². The van der Waals surface area contributed by atoms with Gasteiger partial charge in [0.05, 0.1) is 11.5 Å². The summed E-state index contributed by atoms with van der Waals surface area (Å²) in [6.45, 7) is 18.2. The summed E-state index contributed by atoms with van der Waals surface area (Å²) >= 11 is 0. The number of rotatable bonds is 8. The van der Waals surface area contributed by atoms with Crippen LogP contribution in [0, 0.1) is 17.3 Å². The molecule has 0 unspecified atom stereocenters. The molecule has 1 heterocycles. The number of hydrogen-bond acceptors (Lipinski definition) is 14. The zero-order valence-electron chi connectivity index (χ0n) is 32.4. The monoisotopic (exact) mass is 753 g/mol. The van der Waals surface area contributed by atoms with Gasteiger partial charge in [0, 0.05) is 48.4 Å². The molecule has 0 aliphatic heterocycles. The molecular formula is C40H51NO13. The van der Waals surface area contributed by atoms with E-state index in [1.165, 1.54) is 56.6 Å². The summed E-state index contributed by atoms with van der Waals surface area (Å²) in [5.74, 6) is -8.05. The highest BCUT2D eigenvalue weighted by molar-refractivity contribution is 5.97. The van der Waals surface area contributed by atoms with E-state index in [1.54, 1.807) is 34.6 Å². The standard InChI is InChI=1S/C40H51NO13/c1-12-21(3)34(44)52-31-24(6)30(51-26(8)43)28-29(50-25(7)42)23(5)19-40(28,49)37(47)39(11,48)17-16-38(9,10)33(32(31)53-35(45)22(4)13-2)54-36(46)27-15-14-18-41-20-27/h12-18,20,23,28-33,48-49H,6,19H2,1-5,7-11H3/b17-16+,21-12-,22-13-/t23-,28+,29-,30-,31-,32+,33+,39+,40+/m0/s1. The number of carbonyl (C=O) groups excluding carboxylic acids is 6. The van der Waals surface area contributed by atoms with Crippen LogP contribution >= 0.6 is 0 Å². The van der Waals surface area contributed by atoms with Crippen LogP contribution in [0.3, 0.4) is 0 Å². The van der Waals surface area contributed by atoms with Crippen molar-refractivity contribution in [3.05, 3.63) is 77.7 Å². The van der Waals surface area contributed by atoms with Crippen LogP contribution < -0.4 is 0 Å². The highest BCUT2D eigenvalue weighted by atomic mass is 16.6. The molecule has 1 aromatic heterocycles.